The minimum atomic E-state index is -0.642. The standard InChI is InChI=1S/C18H15ClN4O3/c1-25-14-5-3-2-4-12(14)16-20-18(23-22-16)21-17(24)15-9-10-8-11(19)6-7-13(10)26-15/h2-8,15H,9H2,1H3,(H2,20,21,22,23,24)/t15-/m0/s1. The summed E-state index contributed by atoms with van der Waals surface area (Å²) in [7, 11) is 1.58. The lowest BCUT2D eigenvalue weighted by atomic mass is 10.1. The molecular weight excluding hydrogens is 356 g/mol. The molecule has 0 unspecified atom stereocenters. The molecule has 1 aliphatic heterocycles. The van der Waals surface area contributed by atoms with E-state index in [9.17, 15) is 4.79 Å². The number of nitrogens with zero attached hydrogens (tertiary/aromatic N) is 2. The number of nitrogens with one attached hydrogen (secondary N) is 2. The molecule has 2 heterocycles. The van der Waals surface area contributed by atoms with Gasteiger partial charge in [-0.05, 0) is 35.9 Å². The summed E-state index contributed by atoms with van der Waals surface area (Å²) in [6, 6.07) is 12.7. The van der Waals surface area contributed by atoms with Crippen LogP contribution in [-0.2, 0) is 11.2 Å². The van der Waals surface area contributed by atoms with E-state index in [0.717, 1.165) is 11.1 Å². The molecule has 0 fully saturated rings. The summed E-state index contributed by atoms with van der Waals surface area (Å²) >= 11 is 5.98. The van der Waals surface area contributed by atoms with E-state index in [1.165, 1.54) is 0 Å². The molecule has 4 rings (SSSR count). The number of H-pyrrole nitrogens is 1. The number of rotatable bonds is 4. The van der Waals surface area contributed by atoms with Crippen LogP contribution in [0.1, 0.15) is 5.56 Å². The number of hydrogen-bond acceptors (Lipinski definition) is 5. The van der Waals surface area contributed by atoms with Gasteiger partial charge in [0.1, 0.15) is 11.5 Å². The zero-order chi connectivity index (χ0) is 18.1. The number of fused-ring (bicyclic) bond motifs is 1. The fourth-order valence-corrected chi connectivity index (χ4v) is 3.03. The van der Waals surface area contributed by atoms with Gasteiger partial charge in [0, 0.05) is 11.4 Å². The number of anilines is 1. The summed E-state index contributed by atoms with van der Waals surface area (Å²) in [5.41, 5.74) is 1.66. The third kappa shape index (κ3) is 3.09. The van der Waals surface area contributed by atoms with Crippen molar-refractivity contribution in [2.75, 3.05) is 12.4 Å². The van der Waals surface area contributed by atoms with Crippen LogP contribution >= 0.6 is 11.6 Å². The maximum atomic E-state index is 12.4. The zero-order valence-electron chi connectivity index (χ0n) is 13.8. The van der Waals surface area contributed by atoms with Crippen molar-refractivity contribution in [2.24, 2.45) is 0 Å². The molecule has 26 heavy (non-hydrogen) atoms. The number of hydrogen-bond donors (Lipinski definition) is 2. The Labute approximate surface area is 154 Å². The molecule has 0 saturated carbocycles. The lowest BCUT2D eigenvalue weighted by molar-refractivity contribution is -0.122. The summed E-state index contributed by atoms with van der Waals surface area (Å²) in [5.74, 6) is 1.68. The van der Waals surface area contributed by atoms with E-state index in [2.05, 4.69) is 20.5 Å². The summed E-state index contributed by atoms with van der Waals surface area (Å²) < 4.78 is 11.0. The molecule has 132 valence electrons. The first-order valence-corrected chi connectivity index (χ1v) is 8.33. The lowest BCUT2D eigenvalue weighted by Crippen LogP contribution is -2.31. The smallest absolute Gasteiger partial charge is 0.268 e. The van der Waals surface area contributed by atoms with Crippen molar-refractivity contribution >= 4 is 23.5 Å². The Hall–Kier alpha value is -3.06. The first kappa shape index (κ1) is 16.4. The number of carbonyl (C=O) groups excluding carboxylic acids is 1. The number of benzene rings is 2. The largest absolute Gasteiger partial charge is 0.496 e. The molecule has 2 N–H and O–H groups in total. The number of halogens is 1. The third-order valence-corrected chi connectivity index (χ3v) is 4.31. The number of carbonyl (C=O) groups is 1. The van der Waals surface area contributed by atoms with Gasteiger partial charge in [0.05, 0.1) is 12.7 Å². The fourth-order valence-electron chi connectivity index (χ4n) is 2.83. The van der Waals surface area contributed by atoms with Gasteiger partial charge >= 0.3 is 0 Å². The normalized spacial score (nSPS) is 15.2. The van der Waals surface area contributed by atoms with E-state index in [4.69, 9.17) is 21.1 Å². The molecule has 1 atom stereocenters. The van der Waals surface area contributed by atoms with Crippen molar-refractivity contribution in [1.82, 2.24) is 15.2 Å². The molecule has 8 heteroatoms. The molecule has 3 aromatic rings. The molecule has 0 spiro atoms. The number of ether oxygens (including phenoxy) is 2. The van der Waals surface area contributed by atoms with Gasteiger partial charge in [0.15, 0.2) is 11.9 Å². The van der Waals surface area contributed by atoms with Crippen LogP contribution in [0.2, 0.25) is 5.02 Å². The topological polar surface area (TPSA) is 89.1 Å². The van der Waals surface area contributed by atoms with Crippen molar-refractivity contribution in [3.8, 4) is 22.9 Å². The predicted octanol–water partition coefficient (Wildman–Crippen LogP) is 3.08. The fraction of sp³-hybridized carbons (Fsp3) is 0.167. The Morgan fingerprint density at radius 2 is 2.19 bits per heavy atom. The Bertz CT molecular complexity index is 973. The highest BCUT2D eigenvalue weighted by atomic mass is 35.5. The van der Waals surface area contributed by atoms with Crippen LogP contribution in [0.4, 0.5) is 5.95 Å². The van der Waals surface area contributed by atoms with Crippen molar-refractivity contribution in [1.29, 1.82) is 0 Å². The van der Waals surface area contributed by atoms with E-state index in [1.807, 2.05) is 24.3 Å². The average molecular weight is 371 g/mol. The maximum Gasteiger partial charge on any atom is 0.268 e. The van der Waals surface area contributed by atoms with Crippen molar-refractivity contribution < 1.29 is 14.3 Å². The molecular formula is C18H15ClN4O3. The van der Waals surface area contributed by atoms with Crippen LogP contribution in [0.25, 0.3) is 11.4 Å². The molecule has 1 aromatic heterocycles. The highest BCUT2D eigenvalue weighted by Crippen LogP contribution is 2.31. The van der Waals surface area contributed by atoms with Gasteiger partial charge in [0.2, 0.25) is 5.95 Å². The minimum Gasteiger partial charge on any atom is -0.496 e. The Balaban J connectivity index is 1.47. The number of amides is 1. The van der Waals surface area contributed by atoms with Crippen LogP contribution in [0.15, 0.2) is 42.5 Å². The monoisotopic (exact) mass is 370 g/mol. The Morgan fingerprint density at radius 1 is 1.35 bits per heavy atom. The molecule has 7 nitrogen and oxygen atoms in total. The summed E-state index contributed by atoms with van der Waals surface area (Å²) in [4.78, 5) is 16.8. The van der Waals surface area contributed by atoms with E-state index in [0.29, 0.717) is 28.8 Å². The van der Waals surface area contributed by atoms with Gasteiger partial charge < -0.3 is 9.47 Å². The number of aromatic nitrogens is 3. The second-order valence-corrected chi connectivity index (χ2v) is 6.20. The molecule has 0 saturated heterocycles. The van der Waals surface area contributed by atoms with Gasteiger partial charge in [-0.25, -0.2) is 0 Å². The van der Waals surface area contributed by atoms with Gasteiger partial charge in [-0.2, -0.15) is 4.98 Å². The molecule has 0 bridgehead atoms. The number of methoxy groups -OCH3 is 1. The van der Waals surface area contributed by atoms with Gasteiger partial charge in [-0.3, -0.25) is 15.2 Å². The van der Waals surface area contributed by atoms with Crippen LogP contribution in [0, 0.1) is 0 Å². The minimum absolute atomic E-state index is 0.175. The van der Waals surface area contributed by atoms with Gasteiger partial charge in [-0.1, -0.05) is 23.7 Å². The van der Waals surface area contributed by atoms with E-state index in [-0.39, 0.29) is 11.9 Å². The van der Waals surface area contributed by atoms with E-state index < -0.39 is 6.10 Å². The molecule has 1 amide bonds. The van der Waals surface area contributed by atoms with Crippen LogP contribution < -0.4 is 14.8 Å². The highest BCUT2D eigenvalue weighted by molar-refractivity contribution is 6.30. The SMILES string of the molecule is COc1ccccc1-c1nc(NC(=O)[C@@H]2Cc3cc(Cl)ccc3O2)n[nH]1. The average Bonchev–Trinajstić information content (AvgIpc) is 3.28. The second-order valence-electron chi connectivity index (χ2n) is 5.76. The van der Waals surface area contributed by atoms with Gasteiger partial charge in [0.25, 0.3) is 5.91 Å². The van der Waals surface area contributed by atoms with Crippen molar-refractivity contribution in [3.63, 3.8) is 0 Å². The number of aromatic amines is 1. The van der Waals surface area contributed by atoms with E-state index in [1.54, 1.807) is 25.3 Å². The Kier molecular flexibility index (Phi) is 4.22. The molecule has 0 radical (unpaired) electrons. The maximum absolute atomic E-state index is 12.4. The summed E-state index contributed by atoms with van der Waals surface area (Å²) in [6.45, 7) is 0. The Morgan fingerprint density at radius 3 is 3.04 bits per heavy atom. The first-order valence-electron chi connectivity index (χ1n) is 7.96. The third-order valence-electron chi connectivity index (χ3n) is 4.07. The van der Waals surface area contributed by atoms with Crippen LogP contribution in [0.3, 0.4) is 0 Å². The van der Waals surface area contributed by atoms with Crippen LogP contribution in [0.5, 0.6) is 11.5 Å². The predicted molar refractivity (Wildman–Crippen MR) is 96.6 cm³/mol. The van der Waals surface area contributed by atoms with E-state index >= 15 is 0 Å². The molecule has 1 aliphatic rings. The van der Waals surface area contributed by atoms with Crippen molar-refractivity contribution in [3.05, 3.63) is 53.1 Å². The lowest BCUT2D eigenvalue weighted by Gasteiger charge is -2.08. The highest BCUT2D eigenvalue weighted by Gasteiger charge is 2.30. The second kappa shape index (κ2) is 6.68. The van der Waals surface area contributed by atoms with Gasteiger partial charge in [-0.15, -0.1) is 5.10 Å². The van der Waals surface area contributed by atoms with Crippen molar-refractivity contribution in [2.45, 2.75) is 12.5 Å². The first-order chi connectivity index (χ1) is 12.6. The summed E-state index contributed by atoms with van der Waals surface area (Å²) in [6.07, 6.45) is -0.192. The molecule has 0 aliphatic carbocycles. The van der Waals surface area contributed by atoms with Crippen LogP contribution in [-0.4, -0.2) is 34.3 Å². The summed E-state index contributed by atoms with van der Waals surface area (Å²) in [5, 5.41) is 10.1. The number of para-hydroxylation sites is 1. The quantitative estimate of drug-likeness (QED) is 0.736. The zero-order valence-corrected chi connectivity index (χ0v) is 14.6. The molecule has 2 aromatic carbocycles.